The van der Waals surface area contributed by atoms with Gasteiger partial charge in [-0.1, -0.05) is 23.2 Å². The Morgan fingerprint density at radius 3 is 2.67 bits per heavy atom. The van der Waals surface area contributed by atoms with Gasteiger partial charge >= 0.3 is 6.03 Å². The molecule has 4 nitrogen and oxygen atoms in total. The van der Waals surface area contributed by atoms with Gasteiger partial charge in [0, 0.05) is 35.6 Å². The van der Waals surface area contributed by atoms with Crippen molar-refractivity contribution < 1.29 is 4.79 Å². The van der Waals surface area contributed by atoms with Crippen LogP contribution < -0.4 is 5.32 Å². The van der Waals surface area contributed by atoms with Crippen LogP contribution >= 0.6 is 23.2 Å². The van der Waals surface area contributed by atoms with E-state index in [9.17, 15) is 4.79 Å². The van der Waals surface area contributed by atoms with Crippen LogP contribution in [0.5, 0.6) is 0 Å². The maximum Gasteiger partial charge on any atom is 0.317 e. The number of halogens is 2. The van der Waals surface area contributed by atoms with Gasteiger partial charge in [0.2, 0.25) is 0 Å². The summed E-state index contributed by atoms with van der Waals surface area (Å²) in [6.07, 6.45) is 1.48. The van der Waals surface area contributed by atoms with Crippen LogP contribution in [0.3, 0.4) is 0 Å². The first-order valence-corrected chi connectivity index (χ1v) is 7.63. The van der Waals surface area contributed by atoms with E-state index >= 15 is 0 Å². The maximum absolute atomic E-state index is 12.1. The number of hydrogen-bond donors (Lipinski definition) is 1. The number of rotatable bonds is 2. The maximum atomic E-state index is 12.1. The van der Waals surface area contributed by atoms with Gasteiger partial charge in [0.1, 0.15) is 0 Å². The summed E-state index contributed by atoms with van der Waals surface area (Å²) in [7, 11) is 0. The molecule has 0 atom stereocenters. The highest BCUT2D eigenvalue weighted by atomic mass is 35.5. The Morgan fingerprint density at radius 1 is 1.43 bits per heavy atom. The monoisotopic (exact) mass is 325 g/mol. The summed E-state index contributed by atoms with van der Waals surface area (Å²) in [5, 5.41) is 12.9. The Labute approximate surface area is 134 Å². The molecule has 112 valence electrons. The summed E-state index contributed by atoms with van der Waals surface area (Å²) in [5.41, 5.74) is 1.83. The van der Waals surface area contributed by atoms with Crippen molar-refractivity contribution in [3.05, 3.63) is 33.3 Å². The lowest BCUT2D eigenvalue weighted by atomic mass is 9.99. The van der Waals surface area contributed by atoms with Crippen LogP contribution in [-0.4, -0.2) is 24.0 Å². The number of carbonyl (C=O) groups is 1. The fourth-order valence-electron chi connectivity index (χ4n) is 2.44. The van der Waals surface area contributed by atoms with Crippen molar-refractivity contribution in [3.8, 4) is 6.07 Å². The Bertz CT molecular complexity index is 552. The molecule has 0 bridgehead atoms. The Hall–Kier alpha value is -1.44. The van der Waals surface area contributed by atoms with Gasteiger partial charge in [0.15, 0.2) is 0 Å². The number of nitrogens with one attached hydrogen (secondary N) is 1. The van der Waals surface area contributed by atoms with E-state index < -0.39 is 0 Å². The van der Waals surface area contributed by atoms with Crippen LogP contribution in [0.2, 0.25) is 10.0 Å². The first kappa shape index (κ1) is 15.9. The number of aryl methyl sites for hydroxylation is 1. The normalized spacial score (nSPS) is 15.6. The van der Waals surface area contributed by atoms with E-state index in [1.165, 1.54) is 0 Å². The van der Waals surface area contributed by atoms with Crippen LogP contribution in [0.25, 0.3) is 0 Å². The van der Waals surface area contributed by atoms with Gasteiger partial charge in [-0.05, 0) is 43.0 Å². The zero-order valence-corrected chi connectivity index (χ0v) is 13.3. The minimum Gasteiger partial charge on any atom is -0.334 e. The Morgan fingerprint density at radius 2 is 2.10 bits per heavy atom. The lowest BCUT2D eigenvalue weighted by Gasteiger charge is -2.29. The number of piperidine rings is 1. The molecule has 6 heteroatoms. The second-order valence-corrected chi connectivity index (χ2v) is 6.08. The zero-order chi connectivity index (χ0) is 15.4. The first-order chi connectivity index (χ1) is 10.0. The molecule has 1 aliphatic heterocycles. The van der Waals surface area contributed by atoms with Crippen molar-refractivity contribution in [1.82, 2.24) is 10.2 Å². The minimum absolute atomic E-state index is 0.0713. The van der Waals surface area contributed by atoms with Crippen LogP contribution in [0, 0.1) is 24.2 Å². The number of hydrogen-bond acceptors (Lipinski definition) is 2. The Kier molecular flexibility index (Phi) is 5.33. The zero-order valence-electron chi connectivity index (χ0n) is 11.8. The molecule has 1 aromatic carbocycles. The quantitative estimate of drug-likeness (QED) is 0.900. The van der Waals surface area contributed by atoms with Gasteiger partial charge < -0.3 is 10.2 Å². The fraction of sp³-hybridized carbons (Fsp3) is 0.467. The second-order valence-electron chi connectivity index (χ2n) is 5.23. The number of nitrogens with zero attached hydrogens (tertiary/aromatic N) is 2. The number of nitriles is 1. The molecule has 21 heavy (non-hydrogen) atoms. The van der Waals surface area contributed by atoms with Crippen molar-refractivity contribution in [1.29, 1.82) is 5.26 Å². The number of carbonyl (C=O) groups excluding carboxylic acids is 1. The molecule has 0 radical (unpaired) electrons. The van der Waals surface area contributed by atoms with Crippen molar-refractivity contribution in [2.24, 2.45) is 5.92 Å². The molecule has 2 amide bonds. The molecule has 0 saturated carbocycles. The van der Waals surface area contributed by atoms with Crippen molar-refractivity contribution in [2.75, 3.05) is 13.1 Å². The average Bonchev–Trinajstić information content (AvgIpc) is 2.46. The van der Waals surface area contributed by atoms with E-state index in [0.29, 0.717) is 29.7 Å². The third-order valence-electron chi connectivity index (χ3n) is 3.76. The summed E-state index contributed by atoms with van der Waals surface area (Å²) in [4.78, 5) is 13.9. The van der Waals surface area contributed by atoms with E-state index in [0.717, 1.165) is 24.0 Å². The highest BCUT2D eigenvalue weighted by Crippen LogP contribution is 2.25. The number of likely N-dealkylation sites (tertiary alicyclic amines) is 1. The summed E-state index contributed by atoms with van der Waals surface area (Å²) < 4.78 is 0. The average molecular weight is 326 g/mol. The lowest BCUT2D eigenvalue weighted by Crippen LogP contribution is -2.44. The highest BCUT2D eigenvalue weighted by molar-refractivity contribution is 6.35. The molecule has 1 aromatic rings. The molecule has 1 N–H and O–H groups in total. The summed E-state index contributed by atoms with van der Waals surface area (Å²) in [5.74, 6) is 0.0713. The van der Waals surface area contributed by atoms with Gasteiger partial charge in [-0.15, -0.1) is 0 Å². The summed E-state index contributed by atoms with van der Waals surface area (Å²) in [6.45, 7) is 3.53. The molecule has 1 saturated heterocycles. The van der Waals surface area contributed by atoms with Gasteiger partial charge in [0.25, 0.3) is 0 Å². The molecule has 1 fully saturated rings. The minimum atomic E-state index is -0.114. The molecule has 0 aliphatic carbocycles. The third-order valence-corrected chi connectivity index (χ3v) is 4.32. The highest BCUT2D eigenvalue weighted by Gasteiger charge is 2.22. The topological polar surface area (TPSA) is 56.1 Å². The standard InChI is InChI=1S/C15H17Cl2N3O/c1-10-6-12(16)7-14(17)13(10)9-19-15(21)20-4-2-11(8-18)3-5-20/h6-7,11H,2-5,9H2,1H3,(H,19,21). The van der Waals surface area contributed by atoms with E-state index in [-0.39, 0.29) is 11.9 Å². The molecule has 2 rings (SSSR count). The molecule has 0 unspecified atom stereocenters. The SMILES string of the molecule is Cc1cc(Cl)cc(Cl)c1CNC(=O)N1CCC(C#N)CC1. The van der Waals surface area contributed by atoms with Crippen molar-refractivity contribution in [3.63, 3.8) is 0 Å². The van der Waals surface area contributed by atoms with Crippen LogP contribution in [0.1, 0.15) is 24.0 Å². The molecule has 1 heterocycles. The van der Waals surface area contributed by atoms with E-state index in [1.54, 1.807) is 11.0 Å². The predicted molar refractivity (Wildman–Crippen MR) is 83.3 cm³/mol. The van der Waals surface area contributed by atoms with E-state index in [2.05, 4.69) is 11.4 Å². The fourth-order valence-corrected chi connectivity index (χ4v) is 3.11. The van der Waals surface area contributed by atoms with Crippen LogP contribution in [0.4, 0.5) is 4.79 Å². The van der Waals surface area contributed by atoms with Gasteiger partial charge in [-0.25, -0.2) is 4.79 Å². The van der Waals surface area contributed by atoms with Crippen LogP contribution in [0.15, 0.2) is 12.1 Å². The molecule has 1 aliphatic rings. The smallest absolute Gasteiger partial charge is 0.317 e. The number of urea groups is 1. The largest absolute Gasteiger partial charge is 0.334 e. The first-order valence-electron chi connectivity index (χ1n) is 6.88. The predicted octanol–water partition coefficient (Wildman–Crippen LogP) is 3.75. The number of benzene rings is 1. The van der Waals surface area contributed by atoms with Gasteiger partial charge in [-0.3, -0.25) is 0 Å². The molecule has 0 spiro atoms. The summed E-state index contributed by atoms with van der Waals surface area (Å²) in [6, 6.07) is 5.64. The van der Waals surface area contributed by atoms with Crippen molar-refractivity contribution in [2.45, 2.75) is 26.3 Å². The lowest BCUT2D eigenvalue weighted by molar-refractivity contribution is 0.178. The summed E-state index contributed by atoms with van der Waals surface area (Å²) >= 11 is 12.1. The molecule has 0 aromatic heterocycles. The molecular weight excluding hydrogens is 309 g/mol. The van der Waals surface area contributed by atoms with Gasteiger partial charge in [-0.2, -0.15) is 5.26 Å². The second kappa shape index (κ2) is 7.02. The van der Waals surface area contributed by atoms with E-state index in [1.807, 2.05) is 13.0 Å². The molecular formula is C15H17Cl2N3O. The van der Waals surface area contributed by atoms with Gasteiger partial charge in [0.05, 0.1) is 6.07 Å². The van der Waals surface area contributed by atoms with E-state index in [4.69, 9.17) is 28.5 Å². The van der Waals surface area contributed by atoms with Crippen LogP contribution in [-0.2, 0) is 6.54 Å². The third kappa shape index (κ3) is 4.03. The Balaban J connectivity index is 1.92. The van der Waals surface area contributed by atoms with Crippen molar-refractivity contribution >= 4 is 29.2 Å². The number of amides is 2.